The Kier molecular flexibility index (Phi) is 11.5. The first kappa shape index (κ1) is 36.7. The molecule has 0 unspecified atom stereocenters. The number of nitrogens with zero attached hydrogens (tertiary/aromatic N) is 3. The molecule has 0 saturated carbocycles. The average Bonchev–Trinajstić information content (AvgIpc) is 3.51. The van der Waals surface area contributed by atoms with E-state index in [0.717, 1.165) is 11.3 Å². The summed E-state index contributed by atoms with van der Waals surface area (Å²) in [5.74, 6) is -4.35. The molecule has 1 fully saturated rings. The molecular weight excluding hydrogens is 708 g/mol. The first-order valence-corrected chi connectivity index (χ1v) is 16.9. The zero-order valence-electron chi connectivity index (χ0n) is 25.6. The second kappa shape index (κ2) is 15.4. The fourth-order valence-corrected chi connectivity index (χ4v) is 5.97. The van der Waals surface area contributed by atoms with Gasteiger partial charge in [0.25, 0.3) is 11.8 Å². The molecule has 17 nitrogen and oxygen atoms in total. The number of benzene rings is 2. The molecule has 0 aliphatic carbocycles. The first-order chi connectivity index (χ1) is 23.1. The molecule has 1 aliphatic heterocycles. The van der Waals surface area contributed by atoms with Crippen molar-refractivity contribution in [3.8, 4) is 0 Å². The van der Waals surface area contributed by atoms with Gasteiger partial charge in [0.05, 0.1) is 0 Å². The summed E-state index contributed by atoms with van der Waals surface area (Å²) in [5, 5.41) is 9.78. The fraction of sp³-hybridized carbons (Fsp3) is 0.276. The highest BCUT2D eigenvalue weighted by atomic mass is 35.5. The minimum Gasteiger partial charge on any atom is -0.450 e. The van der Waals surface area contributed by atoms with Crippen LogP contribution in [0.2, 0.25) is 0 Å². The summed E-state index contributed by atoms with van der Waals surface area (Å²) in [7, 11) is -5.12. The number of oxime groups is 1. The number of nitrogens with two attached hydrogens (primary N) is 1. The molecule has 260 valence electrons. The van der Waals surface area contributed by atoms with Gasteiger partial charge in [-0.3, -0.25) is 18.9 Å². The van der Waals surface area contributed by atoms with E-state index in [4.69, 9.17) is 26.9 Å². The predicted octanol–water partition coefficient (Wildman–Crippen LogP) is 1.75. The van der Waals surface area contributed by atoms with Gasteiger partial charge in [0, 0.05) is 5.38 Å². The smallest absolute Gasteiger partial charge is 0.404 e. The molecule has 3 aromatic rings. The van der Waals surface area contributed by atoms with Crippen LogP contribution in [0.25, 0.3) is 0 Å². The molecule has 49 heavy (non-hydrogen) atoms. The third-order valence-electron chi connectivity index (χ3n) is 6.72. The van der Waals surface area contributed by atoms with Crippen LogP contribution in [0.5, 0.6) is 0 Å². The van der Waals surface area contributed by atoms with E-state index in [1.54, 1.807) is 60.7 Å². The Labute approximate surface area is 288 Å². The van der Waals surface area contributed by atoms with Gasteiger partial charge in [-0.1, -0.05) is 65.8 Å². The summed E-state index contributed by atoms with van der Waals surface area (Å²) in [6, 6.07) is 14.6. The number of β-lactam (4-membered cyclic amide) rings is 1. The van der Waals surface area contributed by atoms with Gasteiger partial charge in [-0.15, -0.1) is 22.9 Å². The lowest BCUT2D eigenvalue weighted by Crippen LogP contribution is -2.73. The summed E-state index contributed by atoms with van der Waals surface area (Å²) >= 11 is 6.41. The summed E-state index contributed by atoms with van der Waals surface area (Å²) in [6.45, 7) is 1.83. The van der Waals surface area contributed by atoms with Crippen molar-refractivity contribution in [2.45, 2.75) is 37.6 Å². The second-order valence-electron chi connectivity index (χ2n) is 10.6. The number of primary amides is 1. The first-order valence-electron chi connectivity index (χ1n) is 14.0. The highest BCUT2D eigenvalue weighted by Gasteiger charge is 2.55. The minimum absolute atomic E-state index is 0.00149. The highest BCUT2D eigenvalue weighted by molar-refractivity contribution is 7.84. The van der Waals surface area contributed by atoms with Gasteiger partial charge in [-0.2, -0.15) is 8.42 Å². The van der Waals surface area contributed by atoms with Crippen LogP contribution in [0.4, 0.5) is 9.93 Å². The quantitative estimate of drug-likeness (QED) is 0.0462. The number of hydrogen-bond donors (Lipinski definition) is 4. The van der Waals surface area contributed by atoms with Crippen molar-refractivity contribution in [3.63, 3.8) is 0 Å². The number of ether oxygens (including phenoxy) is 2. The maximum atomic E-state index is 13.6. The number of rotatable bonds is 14. The van der Waals surface area contributed by atoms with Crippen LogP contribution in [0, 0.1) is 0 Å². The molecule has 5 N–H and O–H groups in total. The SMILES string of the molecule is CC(C)(ON=C(C(=O)N[C@@H]1C(=O)N(S(=O)(=O)O)[C@@H]1COC(N)=O)c1csc(NC(=O)CCl)n1)C(=O)OC(c1ccccc1)c1ccccc1. The minimum atomic E-state index is -5.12. The van der Waals surface area contributed by atoms with Crippen LogP contribution in [0.1, 0.15) is 36.8 Å². The summed E-state index contributed by atoms with van der Waals surface area (Å²) in [4.78, 5) is 72.3. The van der Waals surface area contributed by atoms with Crippen LogP contribution in [0.15, 0.2) is 71.2 Å². The molecule has 0 spiro atoms. The summed E-state index contributed by atoms with van der Waals surface area (Å²) in [6.07, 6.45) is -2.16. The van der Waals surface area contributed by atoms with E-state index >= 15 is 0 Å². The maximum Gasteiger partial charge on any atom is 0.404 e. The second-order valence-corrected chi connectivity index (χ2v) is 13.0. The molecule has 2 heterocycles. The number of anilines is 1. The number of esters is 1. The Balaban J connectivity index is 1.62. The van der Waals surface area contributed by atoms with E-state index in [1.165, 1.54) is 19.2 Å². The number of halogens is 1. The van der Waals surface area contributed by atoms with E-state index in [9.17, 15) is 36.9 Å². The van der Waals surface area contributed by atoms with Crippen LogP contribution >= 0.6 is 22.9 Å². The van der Waals surface area contributed by atoms with E-state index in [0.29, 0.717) is 11.1 Å². The lowest BCUT2D eigenvalue weighted by atomic mass is 9.99. The van der Waals surface area contributed by atoms with Gasteiger partial charge in [-0.25, -0.2) is 18.9 Å². The van der Waals surface area contributed by atoms with E-state index in [2.05, 4.69) is 25.5 Å². The van der Waals surface area contributed by atoms with Crippen molar-refractivity contribution >= 4 is 73.9 Å². The molecule has 4 amide bonds. The van der Waals surface area contributed by atoms with Crippen molar-refractivity contribution < 1.29 is 51.3 Å². The van der Waals surface area contributed by atoms with Crippen LogP contribution in [0.3, 0.4) is 0 Å². The molecule has 2 aromatic carbocycles. The van der Waals surface area contributed by atoms with Gasteiger partial charge in [-0.05, 0) is 25.0 Å². The number of amides is 4. The van der Waals surface area contributed by atoms with Crippen molar-refractivity contribution in [2.75, 3.05) is 17.8 Å². The number of nitrogens with one attached hydrogen (secondary N) is 2. The van der Waals surface area contributed by atoms with Gasteiger partial charge in [0.15, 0.2) is 16.9 Å². The molecule has 20 heteroatoms. The summed E-state index contributed by atoms with van der Waals surface area (Å²) < 4.78 is 43.4. The van der Waals surface area contributed by atoms with Crippen LogP contribution in [-0.2, 0) is 43.8 Å². The van der Waals surface area contributed by atoms with Crippen LogP contribution in [-0.4, -0.2) is 87.9 Å². The number of hydrogen-bond acceptors (Lipinski definition) is 13. The topological polar surface area (TPSA) is 246 Å². The third-order valence-corrected chi connectivity index (χ3v) is 8.66. The molecule has 1 aliphatic rings. The largest absolute Gasteiger partial charge is 0.450 e. The van der Waals surface area contributed by atoms with Gasteiger partial charge in [0.2, 0.25) is 11.5 Å². The fourth-order valence-electron chi connectivity index (χ4n) is 4.33. The molecular formula is C29H29ClN6O11S2. The molecule has 1 saturated heterocycles. The van der Waals surface area contributed by atoms with Gasteiger partial charge >= 0.3 is 22.4 Å². The lowest BCUT2D eigenvalue weighted by molar-refractivity contribution is -0.172. The number of carbonyl (C=O) groups is 5. The van der Waals surface area contributed by atoms with E-state index in [-0.39, 0.29) is 15.1 Å². The van der Waals surface area contributed by atoms with E-state index in [1.807, 2.05) is 0 Å². The molecule has 1 aromatic heterocycles. The number of thiazole rings is 1. The third kappa shape index (κ3) is 9.08. The maximum absolute atomic E-state index is 13.6. The predicted molar refractivity (Wildman–Crippen MR) is 174 cm³/mol. The normalized spacial score (nSPS) is 16.4. The van der Waals surface area contributed by atoms with Gasteiger partial charge < -0.3 is 30.7 Å². The number of carbonyl (C=O) groups excluding carboxylic acids is 5. The summed E-state index contributed by atoms with van der Waals surface area (Å²) in [5.41, 5.74) is 3.60. The van der Waals surface area contributed by atoms with Gasteiger partial charge in [0.1, 0.15) is 30.3 Å². The van der Waals surface area contributed by atoms with E-state index < -0.39 is 82.1 Å². The van der Waals surface area contributed by atoms with Crippen molar-refractivity contribution in [3.05, 3.63) is 82.9 Å². The lowest BCUT2D eigenvalue weighted by Gasteiger charge is -2.43. The van der Waals surface area contributed by atoms with Crippen molar-refractivity contribution in [2.24, 2.45) is 10.9 Å². The van der Waals surface area contributed by atoms with Crippen molar-refractivity contribution in [1.82, 2.24) is 14.6 Å². The Bertz CT molecular complexity index is 1820. The Morgan fingerprint density at radius 3 is 2.22 bits per heavy atom. The molecule has 0 radical (unpaired) electrons. The van der Waals surface area contributed by atoms with Crippen LogP contribution < -0.4 is 16.4 Å². The number of aromatic nitrogens is 1. The average molecular weight is 737 g/mol. The highest BCUT2D eigenvalue weighted by Crippen LogP contribution is 2.29. The Morgan fingerprint density at radius 2 is 1.69 bits per heavy atom. The monoisotopic (exact) mass is 736 g/mol. The van der Waals surface area contributed by atoms with Crippen molar-refractivity contribution in [1.29, 1.82) is 0 Å². The zero-order chi connectivity index (χ0) is 35.9. The number of alkyl halides is 1. The molecule has 4 rings (SSSR count). The Morgan fingerprint density at radius 1 is 1.10 bits per heavy atom. The zero-order valence-corrected chi connectivity index (χ0v) is 28.0. The standard InChI is InChI=1S/C29H29ClN6O11S2/c1-29(2,26(40)46-23(16-9-5-3-6-10-16)17-11-7-4-8-12-17)47-35-21(18-15-48-28(32-18)33-20(37)13-30)24(38)34-22-19(14-45-27(31)41)36(25(22)39)49(42,43)44/h3-12,15,19,22-23H,13-14H2,1-2H3,(H2,31,41)(H,34,38)(H,32,33,37)(H,42,43,44)/t19-,22+/m1/s1. The Hall–Kier alpha value is -5.11. The molecule has 0 bridgehead atoms. The molecule has 2 atom stereocenters.